The first-order valence-electron chi connectivity index (χ1n) is 6.90. The minimum atomic E-state index is -3.63. The van der Waals surface area contributed by atoms with Gasteiger partial charge >= 0.3 is 5.97 Å². The number of nitrogens with two attached hydrogens (primary N) is 1. The van der Waals surface area contributed by atoms with Gasteiger partial charge in [-0.3, -0.25) is 0 Å². The van der Waals surface area contributed by atoms with Gasteiger partial charge in [0.15, 0.2) is 0 Å². The first-order chi connectivity index (χ1) is 10.0. The number of sulfonamides is 1. The Bertz CT molecular complexity index is 654. The lowest BCUT2D eigenvalue weighted by molar-refractivity contribution is 0.0600. The Labute approximate surface area is 132 Å². The van der Waals surface area contributed by atoms with E-state index in [-0.39, 0.29) is 10.3 Å². The zero-order chi connectivity index (χ0) is 17.1. The van der Waals surface area contributed by atoms with Crippen molar-refractivity contribution in [2.45, 2.75) is 25.7 Å². The van der Waals surface area contributed by atoms with Gasteiger partial charge in [0, 0.05) is 13.6 Å². The van der Waals surface area contributed by atoms with Crippen LogP contribution in [-0.2, 0) is 14.8 Å². The molecular weight excluding hydrogens is 304 g/mol. The maximum Gasteiger partial charge on any atom is 0.338 e. The Morgan fingerprint density at radius 1 is 1.36 bits per heavy atom. The highest BCUT2D eigenvalue weighted by molar-refractivity contribution is 7.89. The van der Waals surface area contributed by atoms with Crippen LogP contribution in [-0.4, -0.2) is 45.9 Å². The molecule has 6 nitrogen and oxygen atoms in total. The molecule has 0 aliphatic rings. The monoisotopic (exact) mass is 328 g/mol. The fraction of sp³-hybridized carbons (Fsp3) is 0.533. The lowest BCUT2D eigenvalue weighted by atomic mass is 9.94. The molecular formula is C15H24N2O4S. The maximum atomic E-state index is 12.6. The molecule has 7 heteroatoms. The van der Waals surface area contributed by atoms with Gasteiger partial charge in [0.1, 0.15) is 0 Å². The van der Waals surface area contributed by atoms with Gasteiger partial charge in [-0.1, -0.05) is 13.8 Å². The van der Waals surface area contributed by atoms with Crippen LogP contribution in [0.3, 0.4) is 0 Å². The number of hydrogen-bond donors (Lipinski definition) is 1. The summed E-state index contributed by atoms with van der Waals surface area (Å²) in [6.07, 6.45) is 0. The van der Waals surface area contributed by atoms with E-state index in [1.165, 1.54) is 36.7 Å². The smallest absolute Gasteiger partial charge is 0.338 e. The molecule has 0 saturated heterocycles. The highest BCUT2D eigenvalue weighted by Crippen LogP contribution is 2.22. The molecule has 1 rings (SSSR count). The van der Waals surface area contributed by atoms with E-state index < -0.39 is 16.0 Å². The van der Waals surface area contributed by atoms with Gasteiger partial charge in [0.05, 0.1) is 17.6 Å². The highest BCUT2D eigenvalue weighted by atomic mass is 32.2. The van der Waals surface area contributed by atoms with Crippen LogP contribution in [0, 0.1) is 12.3 Å². The zero-order valence-electron chi connectivity index (χ0n) is 13.7. The number of rotatable bonds is 6. The third kappa shape index (κ3) is 4.06. The van der Waals surface area contributed by atoms with E-state index in [0.717, 1.165) is 0 Å². The Morgan fingerprint density at radius 2 is 1.95 bits per heavy atom. The number of methoxy groups -OCH3 is 1. The summed E-state index contributed by atoms with van der Waals surface area (Å²) in [5, 5.41) is 0. The molecule has 0 atom stereocenters. The molecule has 0 unspecified atom stereocenters. The second-order valence-corrected chi connectivity index (χ2v) is 8.14. The molecule has 2 N–H and O–H groups in total. The molecule has 0 spiro atoms. The lowest BCUT2D eigenvalue weighted by Crippen LogP contribution is -2.39. The van der Waals surface area contributed by atoms with Crippen LogP contribution in [0.4, 0.5) is 0 Å². The summed E-state index contributed by atoms with van der Waals surface area (Å²) >= 11 is 0. The van der Waals surface area contributed by atoms with Crippen molar-refractivity contribution in [1.82, 2.24) is 4.31 Å². The van der Waals surface area contributed by atoms with Crippen LogP contribution in [0.15, 0.2) is 23.1 Å². The molecule has 1 aromatic carbocycles. The minimum absolute atomic E-state index is 0.146. The molecule has 0 bridgehead atoms. The zero-order valence-corrected chi connectivity index (χ0v) is 14.5. The van der Waals surface area contributed by atoms with Gasteiger partial charge in [0.25, 0.3) is 0 Å². The van der Waals surface area contributed by atoms with Crippen molar-refractivity contribution in [2.24, 2.45) is 11.1 Å². The average molecular weight is 328 g/mol. The van der Waals surface area contributed by atoms with Gasteiger partial charge in [0.2, 0.25) is 10.0 Å². The third-order valence-electron chi connectivity index (χ3n) is 3.51. The summed E-state index contributed by atoms with van der Waals surface area (Å²) in [6, 6.07) is 4.37. The minimum Gasteiger partial charge on any atom is -0.465 e. The fourth-order valence-corrected chi connectivity index (χ4v) is 3.51. The van der Waals surface area contributed by atoms with E-state index in [2.05, 4.69) is 4.74 Å². The van der Waals surface area contributed by atoms with Gasteiger partial charge < -0.3 is 10.5 Å². The molecule has 0 aliphatic heterocycles. The molecule has 0 heterocycles. The number of ether oxygens (including phenoxy) is 1. The van der Waals surface area contributed by atoms with Crippen LogP contribution in [0.2, 0.25) is 0 Å². The van der Waals surface area contributed by atoms with Crippen LogP contribution in [0.25, 0.3) is 0 Å². The molecule has 22 heavy (non-hydrogen) atoms. The number of hydrogen-bond acceptors (Lipinski definition) is 5. The molecule has 1 aromatic rings. The normalized spacial score (nSPS) is 12.5. The van der Waals surface area contributed by atoms with Crippen LogP contribution in [0.5, 0.6) is 0 Å². The summed E-state index contributed by atoms with van der Waals surface area (Å²) in [6.45, 7) is 6.18. The first-order valence-corrected chi connectivity index (χ1v) is 8.34. The summed E-state index contributed by atoms with van der Waals surface area (Å²) in [7, 11) is -0.817. The SMILES string of the molecule is COC(=O)c1ccc(S(=O)(=O)N(C)CC(C)(C)CN)cc1C. The standard InChI is InChI=1S/C15H24N2O4S/c1-11-8-12(6-7-13(11)14(18)21-5)22(19,20)17(4)10-15(2,3)9-16/h6-8H,9-10,16H2,1-5H3. The second-order valence-electron chi connectivity index (χ2n) is 6.10. The largest absolute Gasteiger partial charge is 0.465 e. The Morgan fingerprint density at radius 3 is 2.41 bits per heavy atom. The number of aryl methyl sites for hydroxylation is 1. The molecule has 0 fully saturated rings. The summed E-state index contributed by atoms with van der Waals surface area (Å²) in [5.74, 6) is -0.487. The maximum absolute atomic E-state index is 12.6. The predicted molar refractivity (Wildman–Crippen MR) is 85.2 cm³/mol. The summed E-state index contributed by atoms with van der Waals surface area (Å²) in [5.41, 5.74) is 6.25. The van der Waals surface area contributed by atoms with Gasteiger partial charge in [-0.05, 0) is 42.6 Å². The third-order valence-corrected chi connectivity index (χ3v) is 5.31. The molecule has 0 aliphatic carbocycles. The van der Waals surface area contributed by atoms with Crippen molar-refractivity contribution in [2.75, 3.05) is 27.2 Å². The van der Waals surface area contributed by atoms with Crippen molar-refractivity contribution in [1.29, 1.82) is 0 Å². The second kappa shape index (κ2) is 6.76. The van der Waals surface area contributed by atoms with Crippen LogP contribution < -0.4 is 5.73 Å². The summed E-state index contributed by atoms with van der Waals surface area (Å²) in [4.78, 5) is 11.7. The lowest BCUT2D eigenvalue weighted by Gasteiger charge is -2.28. The highest BCUT2D eigenvalue weighted by Gasteiger charge is 2.27. The topological polar surface area (TPSA) is 89.7 Å². The Kier molecular flexibility index (Phi) is 5.72. The van der Waals surface area contributed by atoms with E-state index in [1.807, 2.05) is 13.8 Å². The van der Waals surface area contributed by atoms with Gasteiger partial charge in [-0.15, -0.1) is 0 Å². The van der Waals surface area contributed by atoms with E-state index in [4.69, 9.17) is 5.73 Å². The number of nitrogens with zero attached hydrogens (tertiary/aromatic N) is 1. The van der Waals surface area contributed by atoms with Crippen molar-refractivity contribution >= 4 is 16.0 Å². The number of carbonyl (C=O) groups excluding carboxylic acids is 1. The van der Waals surface area contributed by atoms with Crippen molar-refractivity contribution in [3.8, 4) is 0 Å². The quantitative estimate of drug-likeness (QED) is 0.797. The Hall–Kier alpha value is -1.44. The molecule has 0 amide bonds. The van der Waals surface area contributed by atoms with E-state index >= 15 is 0 Å². The van der Waals surface area contributed by atoms with E-state index in [1.54, 1.807) is 6.92 Å². The Balaban J connectivity index is 3.14. The van der Waals surface area contributed by atoms with Crippen molar-refractivity contribution < 1.29 is 17.9 Å². The predicted octanol–water partition coefficient (Wildman–Crippen LogP) is 1.39. The number of esters is 1. The number of benzene rings is 1. The van der Waals surface area contributed by atoms with Crippen LogP contribution in [0.1, 0.15) is 29.8 Å². The molecule has 0 aromatic heterocycles. The van der Waals surface area contributed by atoms with Gasteiger partial charge in [-0.2, -0.15) is 0 Å². The molecule has 0 saturated carbocycles. The number of carbonyl (C=O) groups is 1. The summed E-state index contributed by atoms with van der Waals surface area (Å²) < 4.78 is 31.1. The molecule has 0 radical (unpaired) electrons. The van der Waals surface area contributed by atoms with E-state index in [9.17, 15) is 13.2 Å². The molecule has 124 valence electrons. The fourth-order valence-electron chi connectivity index (χ4n) is 2.07. The first kappa shape index (κ1) is 18.6. The van der Waals surface area contributed by atoms with Crippen molar-refractivity contribution in [3.05, 3.63) is 29.3 Å². The van der Waals surface area contributed by atoms with E-state index in [0.29, 0.717) is 24.2 Å². The van der Waals surface area contributed by atoms with Gasteiger partial charge in [-0.25, -0.2) is 17.5 Å². The van der Waals surface area contributed by atoms with Crippen LogP contribution >= 0.6 is 0 Å². The van der Waals surface area contributed by atoms with Crippen molar-refractivity contribution in [3.63, 3.8) is 0 Å². The average Bonchev–Trinajstić information content (AvgIpc) is 2.45.